The van der Waals surface area contributed by atoms with Gasteiger partial charge in [0.05, 0.1) is 12.2 Å². The first-order valence-corrected chi connectivity index (χ1v) is 6.55. The maximum atomic E-state index is 11.9. The highest BCUT2D eigenvalue weighted by molar-refractivity contribution is 5.68. The zero-order valence-electron chi connectivity index (χ0n) is 11.9. The van der Waals surface area contributed by atoms with Crippen LogP contribution >= 0.6 is 0 Å². The second kappa shape index (κ2) is 5.89. The summed E-state index contributed by atoms with van der Waals surface area (Å²) in [5, 5.41) is 9.42. The van der Waals surface area contributed by atoms with Gasteiger partial charge >= 0.3 is 6.09 Å². The Hall–Kier alpha value is -0.810. The van der Waals surface area contributed by atoms with Crippen molar-refractivity contribution >= 4 is 6.09 Å². The van der Waals surface area contributed by atoms with E-state index in [-0.39, 0.29) is 12.7 Å². The van der Waals surface area contributed by atoms with Crippen molar-refractivity contribution in [2.75, 3.05) is 26.3 Å². The number of aliphatic hydroxyl groups excluding tert-OH is 1. The van der Waals surface area contributed by atoms with Gasteiger partial charge in [-0.2, -0.15) is 0 Å². The van der Waals surface area contributed by atoms with E-state index in [9.17, 15) is 9.90 Å². The van der Waals surface area contributed by atoms with Gasteiger partial charge in [0.25, 0.3) is 0 Å². The summed E-state index contributed by atoms with van der Waals surface area (Å²) in [6, 6.07) is 0. The Morgan fingerprint density at radius 1 is 1.33 bits per heavy atom. The van der Waals surface area contributed by atoms with Crippen LogP contribution < -0.4 is 0 Å². The summed E-state index contributed by atoms with van der Waals surface area (Å²) in [6.45, 7) is 9.19. The topological polar surface area (TPSA) is 59.0 Å². The van der Waals surface area contributed by atoms with Crippen LogP contribution in [0.15, 0.2) is 0 Å². The maximum absolute atomic E-state index is 11.9. The van der Waals surface area contributed by atoms with E-state index >= 15 is 0 Å². The molecule has 18 heavy (non-hydrogen) atoms. The average molecular weight is 259 g/mol. The van der Waals surface area contributed by atoms with Crippen molar-refractivity contribution in [2.45, 2.75) is 51.7 Å². The fraction of sp³-hybridized carbons (Fsp3) is 0.923. The predicted octanol–water partition coefficient (Wildman–Crippen LogP) is 1.78. The first kappa shape index (κ1) is 15.2. The molecule has 1 heterocycles. The van der Waals surface area contributed by atoms with Crippen LogP contribution in [0.5, 0.6) is 0 Å². The molecule has 5 heteroatoms. The summed E-state index contributed by atoms with van der Waals surface area (Å²) >= 11 is 0. The van der Waals surface area contributed by atoms with Crippen LogP contribution in [0, 0.1) is 0 Å². The van der Waals surface area contributed by atoms with E-state index in [4.69, 9.17) is 9.47 Å². The zero-order valence-corrected chi connectivity index (χ0v) is 11.9. The van der Waals surface area contributed by atoms with Gasteiger partial charge in [-0.05, 0) is 40.5 Å². The van der Waals surface area contributed by atoms with E-state index in [0.717, 1.165) is 0 Å². The van der Waals surface area contributed by atoms with E-state index in [1.54, 1.807) is 4.90 Å². The Kier molecular flexibility index (Phi) is 4.99. The van der Waals surface area contributed by atoms with E-state index in [1.807, 2.05) is 27.7 Å². The van der Waals surface area contributed by atoms with Gasteiger partial charge in [-0.15, -0.1) is 0 Å². The lowest BCUT2D eigenvalue weighted by atomic mass is 9.92. The molecule has 1 amide bonds. The van der Waals surface area contributed by atoms with Gasteiger partial charge in [-0.25, -0.2) is 4.79 Å². The van der Waals surface area contributed by atoms with Crippen LogP contribution in [0.2, 0.25) is 0 Å². The molecular weight excluding hydrogens is 234 g/mol. The third-order valence-electron chi connectivity index (χ3n) is 3.07. The van der Waals surface area contributed by atoms with Crippen molar-refractivity contribution in [3.8, 4) is 0 Å². The third kappa shape index (κ3) is 4.14. The molecule has 1 fully saturated rings. The second-order valence-corrected chi connectivity index (χ2v) is 5.74. The number of likely N-dealkylation sites (tertiary alicyclic amines) is 1. The number of carbonyl (C=O) groups is 1. The summed E-state index contributed by atoms with van der Waals surface area (Å²) in [5.74, 6) is 0. The normalized spacial score (nSPS) is 19.7. The molecule has 1 N–H and O–H groups in total. The van der Waals surface area contributed by atoms with E-state index < -0.39 is 11.2 Å². The first-order valence-electron chi connectivity index (χ1n) is 6.55. The minimum Gasteiger partial charge on any atom is -0.444 e. The molecule has 1 rings (SSSR count). The van der Waals surface area contributed by atoms with Crippen molar-refractivity contribution in [1.82, 2.24) is 4.90 Å². The van der Waals surface area contributed by atoms with Crippen LogP contribution in [0.4, 0.5) is 4.79 Å². The number of piperidine rings is 1. The minimum atomic E-state index is -0.479. The Balaban J connectivity index is 2.50. The van der Waals surface area contributed by atoms with Gasteiger partial charge in [-0.3, -0.25) is 0 Å². The molecular formula is C13H25NO4. The Labute approximate surface area is 109 Å². The number of nitrogens with zero attached hydrogens (tertiary/aromatic N) is 1. The molecule has 5 nitrogen and oxygen atoms in total. The molecule has 1 aliphatic heterocycles. The largest absolute Gasteiger partial charge is 0.444 e. The van der Waals surface area contributed by atoms with Gasteiger partial charge in [0.15, 0.2) is 0 Å². The highest BCUT2D eigenvalue weighted by Crippen LogP contribution is 2.26. The molecule has 0 aromatic rings. The Morgan fingerprint density at radius 3 is 2.28 bits per heavy atom. The number of ether oxygens (including phenoxy) is 2. The van der Waals surface area contributed by atoms with E-state index in [2.05, 4.69) is 0 Å². The minimum absolute atomic E-state index is 0.00297. The van der Waals surface area contributed by atoms with Crippen molar-refractivity contribution in [3.63, 3.8) is 0 Å². The summed E-state index contributed by atoms with van der Waals surface area (Å²) < 4.78 is 10.9. The van der Waals surface area contributed by atoms with Crippen molar-refractivity contribution in [1.29, 1.82) is 0 Å². The van der Waals surface area contributed by atoms with Gasteiger partial charge in [0, 0.05) is 19.7 Å². The molecule has 0 aromatic carbocycles. The molecule has 0 unspecified atom stereocenters. The molecule has 106 valence electrons. The molecule has 0 spiro atoms. The molecule has 0 radical (unpaired) electrons. The number of hydrogen-bond acceptors (Lipinski definition) is 4. The third-order valence-corrected chi connectivity index (χ3v) is 3.07. The lowest BCUT2D eigenvalue weighted by Crippen LogP contribution is -2.51. The average Bonchev–Trinajstić information content (AvgIpc) is 2.28. The smallest absolute Gasteiger partial charge is 0.410 e. The van der Waals surface area contributed by atoms with E-state index in [0.29, 0.717) is 32.5 Å². The zero-order chi connectivity index (χ0) is 13.8. The first-order chi connectivity index (χ1) is 8.32. The molecule has 0 aliphatic carbocycles. The monoisotopic (exact) mass is 259 g/mol. The molecule has 0 bridgehead atoms. The highest BCUT2D eigenvalue weighted by Gasteiger charge is 2.37. The van der Waals surface area contributed by atoms with Crippen molar-refractivity contribution < 1.29 is 19.4 Å². The number of amides is 1. The summed E-state index contributed by atoms with van der Waals surface area (Å²) in [5.41, 5.74) is -0.949. The standard InChI is InChI=1S/C13H25NO4/c1-5-17-13(10-15)6-8-14(9-7-13)11(16)18-12(2,3)4/h15H,5-10H2,1-4H3. The number of rotatable bonds is 3. The number of aliphatic hydroxyl groups is 1. The van der Waals surface area contributed by atoms with Gasteiger partial charge < -0.3 is 19.5 Å². The van der Waals surface area contributed by atoms with Crippen LogP contribution in [0.25, 0.3) is 0 Å². The van der Waals surface area contributed by atoms with Crippen LogP contribution in [-0.2, 0) is 9.47 Å². The van der Waals surface area contributed by atoms with Gasteiger partial charge in [0.1, 0.15) is 5.60 Å². The summed E-state index contributed by atoms with van der Waals surface area (Å²) in [7, 11) is 0. The van der Waals surface area contributed by atoms with E-state index in [1.165, 1.54) is 0 Å². The highest BCUT2D eigenvalue weighted by atomic mass is 16.6. The van der Waals surface area contributed by atoms with Crippen molar-refractivity contribution in [2.24, 2.45) is 0 Å². The molecule has 0 saturated carbocycles. The van der Waals surface area contributed by atoms with Gasteiger partial charge in [-0.1, -0.05) is 0 Å². The van der Waals surface area contributed by atoms with Crippen LogP contribution in [-0.4, -0.2) is 53.6 Å². The molecule has 0 aromatic heterocycles. The Bertz CT molecular complexity index is 277. The molecule has 1 saturated heterocycles. The fourth-order valence-corrected chi connectivity index (χ4v) is 2.08. The summed E-state index contributed by atoms with van der Waals surface area (Å²) in [6.07, 6.45) is 1.01. The summed E-state index contributed by atoms with van der Waals surface area (Å²) in [4.78, 5) is 13.6. The SMILES string of the molecule is CCOC1(CO)CCN(C(=O)OC(C)(C)C)CC1. The predicted molar refractivity (Wildman–Crippen MR) is 68.5 cm³/mol. The van der Waals surface area contributed by atoms with Crippen LogP contribution in [0.3, 0.4) is 0 Å². The fourth-order valence-electron chi connectivity index (χ4n) is 2.08. The quantitative estimate of drug-likeness (QED) is 0.839. The second-order valence-electron chi connectivity index (χ2n) is 5.74. The lowest BCUT2D eigenvalue weighted by Gasteiger charge is -2.40. The number of carbonyl (C=O) groups excluding carboxylic acids is 1. The Morgan fingerprint density at radius 2 is 1.89 bits per heavy atom. The van der Waals surface area contributed by atoms with Gasteiger partial charge in [0.2, 0.25) is 0 Å². The lowest BCUT2D eigenvalue weighted by molar-refractivity contribution is -0.107. The number of hydrogen-bond donors (Lipinski definition) is 1. The van der Waals surface area contributed by atoms with Crippen molar-refractivity contribution in [3.05, 3.63) is 0 Å². The van der Waals surface area contributed by atoms with Crippen LogP contribution in [0.1, 0.15) is 40.5 Å². The maximum Gasteiger partial charge on any atom is 0.410 e. The molecule has 1 aliphatic rings. The molecule has 0 atom stereocenters.